The molecule has 2 saturated heterocycles. The highest BCUT2D eigenvalue weighted by atomic mass is 16.6. The maximum absolute atomic E-state index is 14.4. The maximum Gasteiger partial charge on any atom is 0.329 e. The number of aliphatic hydroxyl groups is 3. The van der Waals surface area contributed by atoms with E-state index in [4.69, 9.17) is 23.7 Å². The van der Waals surface area contributed by atoms with Crippen molar-refractivity contribution in [2.45, 2.75) is 186 Å². The topological polar surface area (TPSA) is 178 Å². The van der Waals surface area contributed by atoms with Crippen LogP contribution in [0.3, 0.4) is 0 Å². The number of ether oxygens (including phenoxy) is 5. The number of fused-ring (bicyclic) bond motifs is 3. The number of methoxy groups -OCH3 is 3. The zero-order valence-corrected chi connectivity index (χ0v) is 40.4. The van der Waals surface area contributed by atoms with Crippen LogP contribution in [0.5, 0.6) is 0 Å². The number of cyclic esters (lactones) is 1. The van der Waals surface area contributed by atoms with Crippen LogP contribution in [0.25, 0.3) is 0 Å². The molecule has 4 rings (SSSR count). The van der Waals surface area contributed by atoms with Gasteiger partial charge in [0.05, 0.1) is 30.8 Å². The predicted octanol–water partition coefficient (Wildman–Crippen LogP) is 7.00. The molecule has 0 aromatic heterocycles. The Hall–Kier alpha value is -3.04. The van der Waals surface area contributed by atoms with E-state index in [1.807, 2.05) is 65.0 Å². The van der Waals surface area contributed by atoms with Gasteiger partial charge in [0.25, 0.3) is 0 Å². The minimum Gasteiger partial charge on any atom is -0.460 e. The van der Waals surface area contributed by atoms with Gasteiger partial charge in [-0.25, -0.2) is 4.79 Å². The van der Waals surface area contributed by atoms with Crippen LogP contribution in [0, 0.1) is 35.5 Å². The molecule has 15 atom stereocenters. The second kappa shape index (κ2) is 25.2. The second-order valence-electron chi connectivity index (χ2n) is 19.7. The molecule has 13 nitrogen and oxygen atoms in total. The molecule has 0 spiro atoms. The Morgan fingerprint density at radius 3 is 2.28 bits per heavy atom. The van der Waals surface area contributed by atoms with E-state index in [2.05, 4.69) is 0 Å². The summed E-state index contributed by atoms with van der Waals surface area (Å²) < 4.78 is 29.8. The van der Waals surface area contributed by atoms with Crippen LogP contribution in [0.2, 0.25) is 0 Å². The first kappa shape index (κ1) is 53.6. The summed E-state index contributed by atoms with van der Waals surface area (Å²) in [4.78, 5) is 57.9. The number of ketones is 2. The smallest absolute Gasteiger partial charge is 0.329 e. The molecule has 4 aliphatic rings. The van der Waals surface area contributed by atoms with Crippen LogP contribution in [0.4, 0.5) is 0 Å². The zero-order valence-electron chi connectivity index (χ0n) is 40.4. The minimum absolute atomic E-state index is 0.0492. The maximum atomic E-state index is 14.4. The average Bonchev–Trinajstić information content (AvgIpc) is 3.26. The third kappa shape index (κ3) is 14.7. The lowest BCUT2D eigenvalue weighted by atomic mass is 9.78. The van der Waals surface area contributed by atoms with Crippen molar-refractivity contribution in [1.29, 1.82) is 0 Å². The number of rotatable bonds is 6. The van der Waals surface area contributed by atoms with Gasteiger partial charge in [-0.3, -0.25) is 14.4 Å². The predicted molar refractivity (Wildman–Crippen MR) is 245 cm³/mol. The Balaban J connectivity index is 1.67. The van der Waals surface area contributed by atoms with Gasteiger partial charge in [0.2, 0.25) is 5.91 Å². The lowest BCUT2D eigenvalue weighted by Crippen LogP contribution is -2.55. The lowest BCUT2D eigenvalue weighted by Gasteiger charge is -2.44. The number of hydrogen-bond donors (Lipinski definition) is 3. The highest BCUT2D eigenvalue weighted by molar-refractivity contribution is 5.87. The minimum atomic E-state index is -1.75. The van der Waals surface area contributed by atoms with Crippen molar-refractivity contribution in [3.63, 3.8) is 0 Å². The third-order valence-electron chi connectivity index (χ3n) is 14.5. The Labute approximate surface area is 383 Å². The number of hydrogen-bond acceptors (Lipinski definition) is 12. The normalized spacial score (nSPS) is 40.8. The summed E-state index contributed by atoms with van der Waals surface area (Å²) in [6, 6.07) is -0.903. The van der Waals surface area contributed by atoms with E-state index in [1.54, 1.807) is 34.1 Å². The molecule has 1 amide bonds. The molecule has 3 fully saturated rings. The largest absolute Gasteiger partial charge is 0.460 e. The molecule has 2 bridgehead atoms. The Kier molecular flexibility index (Phi) is 21.1. The van der Waals surface area contributed by atoms with Crippen molar-refractivity contribution in [2.75, 3.05) is 27.9 Å². The van der Waals surface area contributed by atoms with Gasteiger partial charge in [0.15, 0.2) is 11.6 Å². The molecule has 362 valence electrons. The number of allylic oxidation sites excluding steroid dienone is 6. The third-order valence-corrected chi connectivity index (χ3v) is 14.5. The highest BCUT2D eigenvalue weighted by Crippen LogP contribution is 2.39. The number of piperidine rings is 1. The van der Waals surface area contributed by atoms with Crippen LogP contribution >= 0.6 is 0 Å². The van der Waals surface area contributed by atoms with Crippen molar-refractivity contribution in [1.82, 2.24) is 4.90 Å². The number of carbonyl (C=O) groups is 4. The first-order valence-electron chi connectivity index (χ1n) is 23.9. The molecule has 3 aliphatic heterocycles. The zero-order chi connectivity index (χ0) is 47.3. The van der Waals surface area contributed by atoms with Crippen molar-refractivity contribution < 1.29 is 58.2 Å². The summed E-state index contributed by atoms with van der Waals surface area (Å²) in [5, 5.41) is 33.9. The molecule has 1 saturated carbocycles. The molecule has 1 unspecified atom stereocenters. The number of Topliss-reactive ketones (excluding diaryl/α,β-unsaturated/α-hetero) is 2. The molecule has 0 radical (unpaired) electrons. The van der Waals surface area contributed by atoms with Crippen molar-refractivity contribution in [3.8, 4) is 0 Å². The fraction of sp³-hybridized carbons (Fsp3) is 0.765. The van der Waals surface area contributed by atoms with E-state index in [1.165, 1.54) is 12.0 Å². The van der Waals surface area contributed by atoms with E-state index >= 15 is 0 Å². The SMILES string of the molecule is CO[C@H]1C[C@@H]2CC[C@@H](C)[C@](O)(CC(=O)N3CCCC[C@H]3C(=O)O[C@H]([C@H](C)CC3CC[C@H](O)[C@@H](OC)C3)CC(=O)[C@H](C)/C=C(\C)[C@@H](O)[C@@H](OC)C(=O)[C@H](C)C[C@H](C)\C=C/C=C/C=C/1C)O2. The van der Waals surface area contributed by atoms with Gasteiger partial charge < -0.3 is 43.9 Å². The highest BCUT2D eigenvalue weighted by Gasteiger charge is 2.46. The summed E-state index contributed by atoms with van der Waals surface area (Å²) in [7, 11) is 4.63. The van der Waals surface area contributed by atoms with Crippen LogP contribution in [0.1, 0.15) is 132 Å². The van der Waals surface area contributed by atoms with Gasteiger partial charge in [-0.15, -0.1) is 0 Å². The van der Waals surface area contributed by atoms with Crippen molar-refractivity contribution in [2.24, 2.45) is 35.5 Å². The number of carbonyl (C=O) groups excluding carboxylic acids is 4. The first-order chi connectivity index (χ1) is 30.3. The molecule has 0 aromatic carbocycles. The second-order valence-corrected chi connectivity index (χ2v) is 19.7. The van der Waals surface area contributed by atoms with E-state index in [0.717, 1.165) is 12.0 Å². The van der Waals surface area contributed by atoms with Crippen LogP contribution in [-0.4, -0.2) is 126 Å². The summed E-state index contributed by atoms with van der Waals surface area (Å²) in [6.07, 6.45) is 13.0. The molecule has 64 heavy (non-hydrogen) atoms. The van der Waals surface area contributed by atoms with Crippen molar-refractivity contribution in [3.05, 3.63) is 47.6 Å². The molecule has 13 heteroatoms. The van der Waals surface area contributed by atoms with Gasteiger partial charge in [-0.1, -0.05) is 71.1 Å². The van der Waals surface area contributed by atoms with E-state index in [-0.39, 0.29) is 66.4 Å². The fourth-order valence-corrected chi connectivity index (χ4v) is 10.2. The van der Waals surface area contributed by atoms with Gasteiger partial charge >= 0.3 is 5.97 Å². The molecule has 3 N–H and O–H groups in total. The Morgan fingerprint density at radius 1 is 0.859 bits per heavy atom. The van der Waals surface area contributed by atoms with Crippen LogP contribution < -0.4 is 0 Å². The van der Waals surface area contributed by atoms with Gasteiger partial charge in [0, 0.05) is 58.5 Å². The Morgan fingerprint density at radius 2 is 1.59 bits per heavy atom. The summed E-state index contributed by atoms with van der Waals surface area (Å²) >= 11 is 0. The Bertz CT molecular complexity index is 1670. The van der Waals surface area contributed by atoms with E-state index in [0.29, 0.717) is 76.3 Å². The standard InChI is InChI=1S/C51H81NO12/c1-31-16-12-11-13-17-32(2)43(60-8)28-39-21-19-37(7)51(59,64-39)30-46(55)52-23-15-14-18-40(52)50(58)63-44(34(4)26-38-20-22-41(53)45(27-38)61-9)29-42(54)33(3)25-36(6)48(57)49(62-10)47(56)35(5)24-31/h11-13,16-17,25,31,33-35,37-41,43-45,48-49,53,57,59H,14-15,18-24,26-30H2,1-10H3/b13-11+,16-12-,32-17+,36-25+/t31-,33-,34-,35-,37-,38?,39+,40+,41+,43+,44+,45+,48-,49+,51+/m1/s1. The molecular weight excluding hydrogens is 819 g/mol. The monoisotopic (exact) mass is 900 g/mol. The van der Waals surface area contributed by atoms with Crippen LogP contribution in [0.15, 0.2) is 47.6 Å². The summed E-state index contributed by atoms with van der Waals surface area (Å²) in [6.45, 7) is 13.4. The summed E-state index contributed by atoms with van der Waals surface area (Å²) in [5.74, 6) is -4.68. The van der Waals surface area contributed by atoms with E-state index in [9.17, 15) is 34.5 Å². The molecule has 0 aromatic rings. The molecule has 1 aliphatic carbocycles. The van der Waals surface area contributed by atoms with E-state index < -0.39 is 60.0 Å². The van der Waals surface area contributed by atoms with Gasteiger partial charge in [0.1, 0.15) is 30.1 Å². The number of esters is 1. The summed E-state index contributed by atoms with van der Waals surface area (Å²) in [5.41, 5.74) is 1.39. The van der Waals surface area contributed by atoms with Gasteiger partial charge in [-0.05, 0) is 107 Å². The van der Waals surface area contributed by atoms with Gasteiger partial charge in [-0.2, -0.15) is 0 Å². The lowest BCUT2D eigenvalue weighted by molar-refractivity contribution is -0.284. The fourth-order valence-electron chi connectivity index (χ4n) is 10.2. The van der Waals surface area contributed by atoms with Crippen LogP contribution in [-0.2, 0) is 42.9 Å². The molecular formula is C51H81NO12. The van der Waals surface area contributed by atoms with Crippen molar-refractivity contribution >= 4 is 23.4 Å². The quantitative estimate of drug-likeness (QED) is 0.184. The number of nitrogens with zero attached hydrogens (tertiary/aromatic N) is 1. The molecule has 3 heterocycles. The first-order valence-corrected chi connectivity index (χ1v) is 23.9. The number of aliphatic hydroxyl groups excluding tert-OH is 2. The number of amides is 1. The average molecular weight is 900 g/mol.